The second-order valence-electron chi connectivity index (χ2n) is 3.65. The number of hydrogen-bond donors (Lipinski definition) is 0. The number of carbonyl (C=O) groups is 1. The Morgan fingerprint density at radius 2 is 1.59 bits per heavy atom. The van der Waals surface area contributed by atoms with Crippen LogP contribution in [0.5, 0.6) is 0 Å². The summed E-state index contributed by atoms with van der Waals surface area (Å²) >= 11 is 0. The molecule has 0 aromatic heterocycles. The zero-order valence-electron chi connectivity index (χ0n) is 10.4. The maximum absolute atomic E-state index is 10.5. The van der Waals surface area contributed by atoms with E-state index in [-0.39, 0.29) is 0 Å². The van der Waals surface area contributed by atoms with Crippen LogP contribution in [0.2, 0.25) is 0 Å². The van der Waals surface area contributed by atoms with E-state index in [0.717, 1.165) is 18.3 Å². The Morgan fingerprint density at radius 1 is 1.06 bits per heavy atom. The molecule has 0 unspecified atom stereocenters. The average molecular weight is 238 g/mol. The van der Waals surface area contributed by atoms with Gasteiger partial charge in [-0.05, 0) is 12.0 Å². The largest absolute Gasteiger partial charge is 0.331 e. The monoisotopic (exact) mass is 238 g/mol. The summed E-state index contributed by atoms with van der Waals surface area (Å²) in [5.74, 6) is -0.997. The first-order valence-corrected chi connectivity index (χ1v) is 5.39. The summed E-state index contributed by atoms with van der Waals surface area (Å²) in [7, 11) is 4.63. The topological polar surface area (TPSA) is 44.8 Å². The van der Waals surface area contributed by atoms with Crippen molar-refractivity contribution in [3.63, 3.8) is 0 Å². The van der Waals surface area contributed by atoms with Gasteiger partial charge < -0.3 is 14.2 Å². The van der Waals surface area contributed by atoms with E-state index in [0.29, 0.717) is 12.0 Å². The van der Waals surface area contributed by atoms with E-state index in [1.165, 1.54) is 0 Å². The van der Waals surface area contributed by atoms with Crippen molar-refractivity contribution in [2.75, 3.05) is 21.3 Å². The van der Waals surface area contributed by atoms with Crippen molar-refractivity contribution in [2.24, 2.45) is 0 Å². The van der Waals surface area contributed by atoms with E-state index in [2.05, 4.69) is 0 Å². The number of rotatable bonds is 7. The van der Waals surface area contributed by atoms with Crippen molar-refractivity contribution in [2.45, 2.75) is 18.8 Å². The van der Waals surface area contributed by atoms with Crippen molar-refractivity contribution >= 4 is 6.29 Å². The molecule has 0 N–H and O–H groups in total. The van der Waals surface area contributed by atoms with Crippen LogP contribution in [0.4, 0.5) is 0 Å². The first kappa shape index (κ1) is 13.8. The first-order valence-electron chi connectivity index (χ1n) is 5.39. The molecule has 0 saturated carbocycles. The quantitative estimate of drug-likeness (QED) is 0.538. The Kier molecular flexibility index (Phi) is 5.28. The highest BCUT2D eigenvalue weighted by molar-refractivity contribution is 5.74. The zero-order valence-corrected chi connectivity index (χ0v) is 10.4. The van der Waals surface area contributed by atoms with Gasteiger partial charge in [0.2, 0.25) is 0 Å². The van der Waals surface area contributed by atoms with E-state index < -0.39 is 5.97 Å². The van der Waals surface area contributed by atoms with E-state index in [9.17, 15) is 4.79 Å². The fourth-order valence-corrected chi connectivity index (χ4v) is 1.62. The normalized spacial score (nSPS) is 11.5. The number of carbonyl (C=O) groups excluding carboxylic acids is 1. The molecule has 0 atom stereocenters. The number of aldehydes is 1. The first-order chi connectivity index (χ1) is 8.19. The van der Waals surface area contributed by atoms with Gasteiger partial charge in [-0.2, -0.15) is 0 Å². The van der Waals surface area contributed by atoms with Gasteiger partial charge in [0.25, 0.3) is 5.97 Å². The highest BCUT2D eigenvalue weighted by atomic mass is 16.9. The molecule has 4 heteroatoms. The molecule has 0 aliphatic heterocycles. The highest BCUT2D eigenvalue weighted by Gasteiger charge is 2.28. The summed E-state index contributed by atoms with van der Waals surface area (Å²) in [6.07, 6.45) is 2.15. The van der Waals surface area contributed by atoms with Gasteiger partial charge in [0.1, 0.15) is 6.29 Å². The SMILES string of the molecule is COC(CCc1ccc(C=O)cc1)(OC)OC. The van der Waals surface area contributed by atoms with Crippen molar-refractivity contribution in [3.05, 3.63) is 35.4 Å². The highest BCUT2D eigenvalue weighted by Crippen LogP contribution is 2.20. The van der Waals surface area contributed by atoms with Gasteiger partial charge in [-0.3, -0.25) is 4.79 Å². The van der Waals surface area contributed by atoms with Crippen LogP contribution < -0.4 is 0 Å². The van der Waals surface area contributed by atoms with Gasteiger partial charge in [-0.1, -0.05) is 24.3 Å². The molecule has 1 aromatic carbocycles. The van der Waals surface area contributed by atoms with Gasteiger partial charge in [0.15, 0.2) is 0 Å². The van der Waals surface area contributed by atoms with Gasteiger partial charge in [0, 0.05) is 33.3 Å². The van der Waals surface area contributed by atoms with E-state index >= 15 is 0 Å². The molecule has 0 amide bonds. The maximum atomic E-state index is 10.5. The molecule has 94 valence electrons. The molecule has 0 aliphatic rings. The molecular formula is C13H18O4. The predicted octanol–water partition coefficient (Wildman–Crippen LogP) is 2.02. The lowest BCUT2D eigenvalue weighted by Crippen LogP contribution is -2.36. The third-order valence-electron chi connectivity index (χ3n) is 2.77. The Hall–Kier alpha value is -1.23. The van der Waals surface area contributed by atoms with Crippen LogP contribution in [-0.4, -0.2) is 33.6 Å². The van der Waals surface area contributed by atoms with Crippen molar-refractivity contribution < 1.29 is 19.0 Å². The van der Waals surface area contributed by atoms with Crippen molar-refractivity contribution in [3.8, 4) is 0 Å². The summed E-state index contributed by atoms with van der Waals surface area (Å²) in [6, 6.07) is 7.40. The molecular weight excluding hydrogens is 220 g/mol. The zero-order chi connectivity index (χ0) is 12.7. The number of aryl methyl sites for hydroxylation is 1. The van der Waals surface area contributed by atoms with Gasteiger partial charge >= 0.3 is 0 Å². The van der Waals surface area contributed by atoms with Crippen LogP contribution in [0.25, 0.3) is 0 Å². The molecule has 1 aromatic rings. The molecule has 0 saturated heterocycles. The van der Waals surface area contributed by atoms with Gasteiger partial charge in [-0.25, -0.2) is 0 Å². The summed E-state index contributed by atoms with van der Waals surface area (Å²) in [5, 5.41) is 0. The molecule has 0 spiro atoms. The third-order valence-corrected chi connectivity index (χ3v) is 2.77. The minimum Gasteiger partial charge on any atom is -0.331 e. The van der Waals surface area contributed by atoms with Crippen LogP contribution in [0.15, 0.2) is 24.3 Å². The van der Waals surface area contributed by atoms with Crippen molar-refractivity contribution in [1.29, 1.82) is 0 Å². The van der Waals surface area contributed by atoms with E-state index in [4.69, 9.17) is 14.2 Å². The van der Waals surface area contributed by atoms with E-state index in [1.54, 1.807) is 33.5 Å². The van der Waals surface area contributed by atoms with Crippen LogP contribution in [0.3, 0.4) is 0 Å². The Bertz CT molecular complexity index is 333. The summed E-state index contributed by atoms with van der Waals surface area (Å²) in [5.41, 5.74) is 1.77. The molecule has 17 heavy (non-hydrogen) atoms. The molecule has 4 nitrogen and oxygen atoms in total. The number of benzene rings is 1. The molecule has 0 fully saturated rings. The lowest BCUT2D eigenvalue weighted by atomic mass is 10.1. The number of hydrogen-bond acceptors (Lipinski definition) is 4. The molecule has 1 rings (SSSR count). The predicted molar refractivity (Wildman–Crippen MR) is 63.9 cm³/mol. The smallest absolute Gasteiger partial charge is 0.282 e. The lowest BCUT2D eigenvalue weighted by molar-refractivity contribution is -0.354. The second kappa shape index (κ2) is 6.49. The summed E-state index contributed by atoms with van der Waals surface area (Å²) in [6.45, 7) is 0. The molecule has 0 aliphatic carbocycles. The van der Waals surface area contributed by atoms with Crippen LogP contribution >= 0.6 is 0 Å². The molecule has 0 radical (unpaired) electrons. The van der Waals surface area contributed by atoms with Crippen molar-refractivity contribution in [1.82, 2.24) is 0 Å². The Morgan fingerprint density at radius 3 is 2.00 bits per heavy atom. The fourth-order valence-electron chi connectivity index (χ4n) is 1.62. The Labute approximate surface area is 101 Å². The summed E-state index contributed by atoms with van der Waals surface area (Å²) < 4.78 is 15.6. The van der Waals surface area contributed by atoms with Gasteiger partial charge in [-0.15, -0.1) is 0 Å². The third kappa shape index (κ3) is 3.63. The fraction of sp³-hybridized carbons (Fsp3) is 0.462. The van der Waals surface area contributed by atoms with Gasteiger partial charge in [0.05, 0.1) is 0 Å². The minimum atomic E-state index is -0.997. The van der Waals surface area contributed by atoms with Crippen LogP contribution in [-0.2, 0) is 20.6 Å². The lowest BCUT2D eigenvalue weighted by Gasteiger charge is -2.28. The minimum absolute atomic E-state index is 0.580. The second-order valence-corrected chi connectivity index (χ2v) is 3.65. The van der Waals surface area contributed by atoms with Crippen LogP contribution in [0.1, 0.15) is 22.3 Å². The summed E-state index contributed by atoms with van der Waals surface area (Å²) in [4.78, 5) is 10.5. The maximum Gasteiger partial charge on any atom is 0.282 e. The number of ether oxygens (including phenoxy) is 3. The molecule has 0 bridgehead atoms. The molecule has 0 heterocycles. The average Bonchev–Trinajstić information content (AvgIpc) is 2.41. The standard InChI is InChI=1S/C13H18O4/c1-15-13(16-2,17-3)9-8-11-4-6-12(10-14)7-5-11/h4-7,10H,8-9H2,1-3H3. The Balaban J connectivity index is 2.62. The number of methoxy groups -OCH3 is 3. The van der Waals surface area contributed by atoms with E-state index in [1.807, 2.05) is 12.1 Å². The van der Waals surface area contributed by atoms with Crippen LogP contribution in [0, 0.1) is 0 Å².